The van der Waals surface area contributed by atoms with Gasteiger partial charge in [0.1, 0.15) is 11.9 Å². The monoisotopic (exact) mass is 296 g/mol. The van der Waals surface area contributed by atoms with Gasteiger partial charge in [-0.05, 0) is 20.8 Å². The van der Waals surface area contributed by atoms with E-state index in [-0.39, 0.29) is 0 Å². The number of nitrogens with zero attached hydrogens (tertiary/aromatic N) is 2. The van der Waals surface area contributed by atoms with Gasteiger partial charge in [-0.3, -0.25) is 0 Å². The fourth-order valence-corrected chi connectivity index (χ4v) is 1.47. The molecule has 21 heavy (non-hydrogen) atoms. The van der Waals surface area contributed by atoms with Crippen molar-refractivity contribution in [3.63, 3.8) is 0 Å². The summed E-state index contributed by atoms with van der Waals surface area (Å²) in [5, 5.41) is 8.90. The standard InChI is InChI=1S/C13H24N6O2/c1-13(2,3)21-12(20)18-7-6-17-11-10(16-5-4-14)8-15-9-19-11/h8-9,16H,4-7,14H2,1-3H3,(H,18,20)(H,15,17,19). The molecule has 5 N–H and O–H groups in total. The molecule has 8 nitrogen and oxygen atoms in total. The Hall–Kier alpha value is -2.09. The molecule has 1 rings (SSSR count). The van der Waals surface area contributed by atoms with Gasteiger partial charge in [0, 0.05) is 26.2 Å². The first-order chi connectivity index (χ1) is 9.92. The third-order valence-corrected chi connectivity index (χ3v) is 2.26. The molecule has 0 aliphatic carbocycles. The largest absolute Gasteiger partial charge is 0.444 e. The average molecular weight is 296 g/mol. The van der Waals surface area contributed by atoms with Gasteiger partial charge >= 0.3 is 6.09 Å². The Bertz CT molecular complexity index is 447. The molecule has 0 saturated heterocycles. The van der Waals surface area contributed by atoms with Gasteiger partial charge < -0.3 is 26.4 Å². The van der Waals surface area contributed by atoms with Crippen LogP contribution in [0, 0.1) is 0 Å². The molecule has 1 heterocycles. The van der Waals surface area contributed by atoms with E-state index >= 15 is 0 Å². The molecule has 8 heteroatoms. The molecule has 0 spiro atoms. The van der Waals surface area contributed by atoms with E-state index in [1.165, 1.54) is 6.33 Å². The van der Waals surface area contributed by atoms with E-state index < -0.39 is 11.7 Å². The van der Waals surface area contributed by atoms with Gasteiger partial charge in [0.25, 0.3) is 0 Å². The first-order valence-electron chi connectivity index (χ1n) is 6.87. The van der Waals surface area contributed by atoms with E-state index in [2.05, 4.69) is 25.9 Å². The Morgan fingerprint density at radius 3 is 2.71 bits per heavy atom. The van der Waals surface area contributed by atoms with E-state index in [1.54, 1.807) is 6.20 Å². The fraction of sp³-hybridized carbons (Fsp3) is 0.615. The highest BCUT2D eigenvalue weighted by molar-refractivity contribution is 5.67. The number of ether oxygens (including phenoxy) is 1. The summed E-state index contributed by atoms with van der Waals surface area (Å²) in [6, 6.07) is 0. The average Bonchev–Trinajstić information content (AvgIpc) is 2.40. The molecule has 0 unspecified atom stereocenters. The van der Waals surface area contributed by atoms with E-state index in [4.69, 9.17) is 10.5 Å². The summed E-state index contributed by atoms with van der Waals surface area (Å²) in [5.41, 5.74) is 5.73. The molecular formula is C13H24N6O2. The lowest BCUT2D eigenvalue weighted by Gasteiger charge is -2.19. The number of nitrogens with one attached hydrogen (secondary N) is 3. The van der Waals surface area contributed by atoms with Crippen LogP contribution in [-0.4, -0.2) is 47.8 Å². The van der Waals surface area contributed by atoms with Crippen molar-refractivity contribution in [1.82, 2.24) is 15.3 Å². The van der Waals surface area contributed by atoms with Gasteiger partial charge in [-0.25, -0.2) is 14.8 Å². The van der Waals surface area contributed by atoms with E-state index in [9.17, 15) is 4.79 Å². The predicted octanol–water partition coefficient (Wildman–Crippen LogP) is 0.784. The van der Waals surface area contributed by atoms with Gasteiger partial charge in [-0.2, -0.15) is 0 Å². The molecule has 118 valence electrons. The number of anilines is 2. The van der Waals surface area contributed by atoms with Crippen molar-refractivity contribution >= 4 is 17.6 Å². The second-order valence-electron chi connectivity index (χ2n) is 5.36. The molecule has 0 fully saturated rings. The topological polar surface area (TPSA) is 114 Å². The number of carbonyl (C=O) groups is 1. The highest BCUT2D eigenvalue weighted by Gasteiger charge is 2.15. The van der Waals surface area contributed by atoms with Crippen LogP contribution >= 0.6 is 0 Å². The minimum Gasteiger partial charge on any atom is -0.444 e. The van der Waals surface area contributed by atoms with Crippen molar-refractivity contribution in [3.8, 4) is 0 Å². The molecular weight excluding hydrogens is 272 g/mol. The number of amides is 1. The third kappa shape index (κ3) is 7.31. The second-order valence-corrected chi connectivity index (χ2v) is 5.36. The molecule has 0 aliphatic rings. The number of hydrogen-bond acceptors (Lipinski definition) is 7. The van der Waals surface area contributed by atoms with Crippen molar-refractivity contribution in [1.29, 1.82) is 0 Å². The first kappa shape index (κ1) is 17.0. The number of aromatic nitrogens is 2. The van der Waals surface area contributed by atoms with E-state index in [1.807, 2.05) is 20.8 Å². The minimum absolute atomic E-state index is 0.426. The molecule has 0 aromatic carbocycles. The summed E-state index contributed by atoms with van der Waals surface area (Å²) < 4.78 is 5.14. The van der Waals surface area contributed by atoms with Crippen LogP contribution in [0.15, 0.2) is 12.5 Å². The quantitative estimate of drug-likeness (QED) is 0.550. The van der Waals surface area contributed by atoms with Crippen LogP contribution in [0.4, 0.5) is 16.3 Å². The Morgan fingerprint density at radius 2 is 2.05 bits per heavy atom. The fourth-order valence-electron chi connectivity index (χ4n) is 1.47. The lowest BCUT2D eigenvalue weighted by molar-refractivity contribution is 0.0530. The van der Waals surface area contributed by atoms with Gasteiger partial charge in [0.2, 0.25) is 0 Å². The summed E-state index contributed by atoms with van der Waals surface area (Å²) in [6.07, 6.45) is 2.69. The molecule has 0 aliphatic heterocycles. The highest BCUT2D eigenvalue weighted by atomic mass is 16.6. The maximum Gasteiger partial charge on any atom is 0.407 e. The Morgan fingerprint density at radius 1 is 1.29 bits per heavy atom. The lowest BCUT2D eigenvalue weighted by atomic mass is 10.2. The smallest absolute Gasteiger partial charge is 0.407 e. The van der Waals surface area contributed by atoms with Crippen LogP contribution in [0.25, 0.3) is 0 Å². The van der Waals surface area contributed by atoms with Crippen molar-refractivity contribution in [3.05, 3.63) is 12.5 Å². The zero-order chi connectivity index (χ0) is 15.7. The van der Waals surface area contributed by atoms with Crippen molar-refractivity contribution in [2.75, 3.05) is 36.8 Å². The van der Waals surface area contributed by atoms with E-state index in [0.29, 0.717) is 32.0 Å². The summed E-state index contributed by atoms with van der Waals surface area (Å²) in [4.78, 5) is 19.6. The zero-order valence-corrected chi connectivity index (χ0v) is 12.8. The molecule has 0 radical (unpaired) electrons. The van der Waals surface area contributed by atoms with Crippen molar-refractivity contribution < 1.29 is 9.53 Å². The molecule has 1 amide bonds. The first-order valence-corrected chi connectivity index (χ1v) is 6.87. The maximum absolute atomic E-state index is 11.5. The summed E-state index contributed by atoms with van der Waals surface area (Å²) >= 11 is 0. The van der Waals surface area contributed by atoms with Crippen LogP contribution in [-0.2, 0) is 4.74 Å². The maximum atomic E-state index is 11.5. The molecule has 1 aromatic rings. The van der Waals surface area contributed by atoms with Crippen LogP contribution in [0.1, 0.15) is 20.8 Å². The number of nitrogens with two attached hydrogens (primary N) is 1. The minimum atomic E-state index is -0.497. The number of rotatable bonds is 7. The SMILES string of the molecule is CC(C)(C)OC(=O)NCCNc1ncncc1NCCN. The van der Waals surface area contributed by atoms with Gasteiger partial charge in [0.15, 0.2) is 5.82 Å². The second kappa shape index (κ2) is 8.25. The number of alkyl carbamates (subject to hydrolysis) is 1. The summed E-state index contributed by atoms with van der Waals surface area (Å²) in [7, 11) is 0. The summed E-state index contributed by atoms with van der Waals surface area (Å²) in [5.74, 6) is 0.671. The van der Waals surface area contributed by atoms with Crippen LogP contribution < -0.4 is 21.7 Å². The number of carbonyl (C=O) groups excluding carboxylic acids is 1. The highest BCUT2D eigenvalue weighted by Crippen LogP contribution is 2.15. The zero-order valence-electron chi connectivity index (χ0n) is 12.8. The Balaban J connectivity index is 2.34. The van der Waals surface area contributed by atoms with Gasteiger partial charge in [0.05, 0.1) is 11.9 Å². The number of hydrogen-bond donors (Lipinski definition) is 4. The van der Waals surface area contributed by atoms with E-state index in [0.717, 1.165) is 5.69 Å². The van der Waals surface area contributed by atoms with Gasteiger partial charge in [-0.15, -0.1) is 0 Å². The van der Waals surface area contributed by atoms with Gasteiger partial charge in [-0.1, -0.05) is 0 Å². The molecule has 1 aromatic heterocycles. The molecule has 0 bridgehead atoms. The third-order valence-electron chi connectivity index (χ3n) is 2.26. The van der Waals surface area contributed by atoms with Crippen LogP contribution in [0.3, 0.4) is 0 Å². The van der Waals surface area contributed by atoms with Crippen molar-refractivity contribution in [2.45, 2.75) is 26.4 Å². The van der Waals surface area contributed by atoms with Crippen molar-refractivity contribution in [2.24, 2.45) is 5.73 Å². The van der Waals surface area contributed by atoms with Crippen LogP contribution in [0.5, 0.6) is 0 Å². The summed E-state index contributed by atoms with van der Waals surface area (Å²) in [6.45, 7) is 7.57. The Labute approximate surface area is 124 Å². The predicted molar refractivity (Wildman–Crippen MR) is 82.3 cm³/mol. The lowest BCUT2D eigenvalue weighted by Crippen LogP contribution is -2.35. The normalized spacial score (nSPS) is 10.9. The molecule has 0 saturated carbocycles. The molecule has 0 atom stereocenters. The van der Waals surface area contributed by atoms with Crippen LogP contribution in [0.2, 0.25) is 0 Å². The Kier molecular flexibility index (Phi) is 6.67.